The Kier molecular flexibility index (Phi) is 8.01. The van der Waals surface area contributed by atoms with Crippen LogP contribution in [-0.2, 0) is 12.8 Å². The molecule has 1 aliphatic heterocycles. The van der Waals surface area contributed by atoms with Crippen LogP contribution in [-0.4, -0.2) is 34.7 Å². The van der Waals surface area contributed by atoms with E-state index >= 15 is 0 Å². The summed E-state index contributed by atoms with van der Waals surface area (Å²) in [6, 6.07) is 19.2. The molecule has 0 atom stereocenters. The van der Waals surface area contributed by atoms with Crippen molar-refractivity contribution in [3.63, 3.8) is 0 Å². The van der Waals surface area contributed by atoms with Gasteiger partial charge in [-0.25, -0.2) is 4.98 Å². The molecule has 2 heterocycles. The molecule has 166 valence electrons. The van der Waals surface area contributed by atoms with E-state index in [1.807, 2.05) is 36.4 Å². The van der Waals surface area contributed by atoms with Gasteiger partial charge in [0.05, 0.1) is 5.02 Å². The Morgan fingerprint density at radius 2 is 1.72 bits per heavy atom. The number of hydrogen-bond acceptors (Lipinski definition) is 3. The van der Waals surface area contributed by atoms with E-state index in [0.717, 1.165) is 37.1 Å². The Morgan fingerprint density at radius 1 is 1.00 bits per heavy atom. The normalized spacial score (nSPS) is 12.8. The molecule has 0 spiro atoms. The molecule has 1 amide bonds. The first-order valence-electron chi connectivity index (χ1n) is 10.5. The van der Waals surface area contributed by atoms with Gasteiger partial charge < -0.3 is 10.2 Å². The highest BCUT2D eigenvalue weighted by atomic mass is 35.5. The van der Waals surface area contributed by atoms with Crippen LogP contribution < -0.4 is 5.32 Å². The number of amides is 1. The van der Waals surface area contributed by atoms with Crippen molar-refractivity contribution in [3.8, 4) is 0 Å². The number of benzene rings is 2. The zero-order chi connectivity index (χ0) is 21.6. The predicted molar refractivity (Wildman–Crippen MR) is 132 cm³/mol. The minimum atomic E-state index is -0.181. The van der Waals surface area contributed by atoms with Gasteiger partial charge in [-0.2, -0.15) is 0 Å². The summed E-state index contributed by atoms with van der Waals surface area (Å²) in [6.45, 7) is 1.95. The van der Waals surface area contributed by atoms with Crippen molar-refractivity contribution < 1.29 is 4.79 Å². The number of nitrogens with zero attached hydrogens (tertiary/aromatic N) is 2. The Bertz CT molecular complexity index is 1060. The minimum absolute atomic E-state index is 0. The number of nitrogens with one attached hydrogen (secondary N) is 2. The minimum Gasteiger partial charge on any atom is -0.357 e. The van der Waals surface area contributed by atoms with Crippen molar-refractivity contribution in [3.05, 3.63) is 94.1 Å². The molecule has 6 heteroatoms. The van der Waals surface area contributed by atoms with E-state index in [2.05, 4.69) is 27.3 Å². The summed E-state index contributed by atoms with van der Waals surface area (Å²) in [5.74, 6) is 0.905. The number of aryl methyl sites for hydroxylation is 2. The quantitative estimate of drug-likeness (QED) is 0.368. The molecule has 32 heavy (non-hydrogen) atoms. The van der Waals surface area contributed by atoms with E-state index in [9.17, 15) is 4.79 Å². The van der Waals surface area contributed by atoms with Gasteiger partial charge in [0.15, 0.2) is 0 Å². The summed E-state index contributed by atoms with van der Waals surface area (Å²) in [7, 11) is 0. The maximum Gasteiger partial charge on any atom is 0.257 e. The largest absolute Gasteiger partial charge is 0.357 e. The average Bonchev–Trinajstić information content (AvgIpc) is 3.34. The summed E-state index contributed by atoms with van der Waals surface area (Å²) >= 11 is 5.86. The third-order valence-electron chi connectivity index (χ3n) is 5.56. The van der Waals surface area contributed by atoms with Crippen molar-refractivity contribution in [1.29, 1.82) is 5.41 Å². The Labute approximate surface area is 195 Å². The number of rotatable bonds is 6. The van der Waals surface area contributed by atoms with Gasteiger partial charge in [0.25, 0.3) is 5.91 Å². The zero-order valence-corrected chi connectivity index (χ0v) is 18.0. The van der Waals surface area contributed by atoms with Gasteiger partial charge >= 0.3 is 0 Å². The maximum absolute atomic E-state index is 12.8. The molecule has 1 aliphatic rings. The fourth-order valence-corrected chi connectivity index (χ4v) is 3.94. The number of halogens is 1. The lowest BCUT2D eigenvalue weighted by Gasteiger charge is -2.18. The van der Waals surface area contributed by atoms with Crippen LogP contribution in [0.2, 0.25) is 5.02 Å². The molecule has 1 saturated heterocycles. The van der Waals surface area contributed by atoms with Crippen LogP contribution >= 0.6 is 11.6 Å². The lowest BCUT2D eigenvalue weighted by atomic mass is 9.98. The molecular weight excluding hydrogens is 420 g/mol. The van der Waals surface area contributed by atoms with Gasteiger partial charge in [0.1, 0.15) is 11.7 Å². The van der Waals surface area contributed by atoms with Crippen LogP contribution in [0.1, 0.15) is 47.3 Å². The average molecular weight is 449 g/mol. The second-order valence-electron chi connectivity index (χ2n) is 7.71. The van der Waals surface area contributed by atoms with Gasteiger partial charge in [-0.1, -0.05) is 61.5 Å². The van der Waals surface area contributed by atoms with Gasteiger partial charge in [-0.15, -0.1) is 0 Å². The molecule has 0 radical (unpaired) electrons. The summed E-state index contributed by atoms with van der Waals surface area (Å²) in [5, 5.41) is 11.7. The number of anilines is 1. The van der Waals surface area contributed by atoms with Gasteiger partial charge in [0.2, 0.25) is 0 Å². The van der Waals surface area contributed by atoms with Gasteiger partial charge in [-0.05, 0) is 55.0 Å². The third-order valence-corrected chi connectivity index (χ3v) is 5.79. The van der Waals surface area contributed by atoms with E-state index < -0.39 is 0 Å². The second kappa shape index (κ2) is 10.9. The first-order valence-corrected chi connectivity index (χ1v) is 10.9. The van der Waals surface area contributed by atoms with Gasteiger partial charge in [0, 0.05) is 30.4 Å². The monoisotopic (exact) mass is 448 g/mol. The molecule has 2 N–H and O–H groups in total. The van der Waals surface area contributed by atoms with Crippen LogP contribution in [0.25, 0.3) is 0 Å². The van der Waals surface area contributed by atoms with Crippen molar-refractivity contribution >= 4 is 29.2 Å². The van der Waals surface area contributed by atoms with Crippen molar-refractivity contribution in [2.75, 3.05) is 18.4 Å². The number of carbonyl (C=O) groups is 1. The Balaban J connectivity index is 0.00000289. The van der Waals surface area contributed by atoms with Crippen molar-refractivity contribution in [2.24, 2.45) is 0 Å². The summed E-state index contributed by atoms with van der Waals surface area (Å²) in [4.78, 5) is 19.0. The molecule has 0 aliphatic carbocycles. The summed E-state index contributed by atoms with van der Waals surface area (Å²) < 4.78 is 0. The molecule has 2 aromatic carbocycles. The highest BCUT2D eigenvalue weighted by molar-refractivity contribution is 6.30. The van der Waals surface area contributed by atoms with E-state index in [0.29, 0.717) is 22.2 Å². The molecule has 4 rings (SSSR count). The van der Waals surface area contributed by atoms with Crippen LogP contribution in [0.3, 0.4) is 0 Å². The summed E-state index contributed by atoms with van der Waals surface area (Å²) in [5.41, 5.74) is 3.78. The van der Waals surface area contributed by atoms with E-state index in [4.69, 9.17) is 17.0 Å². The lowest BCUT2D eigenvalue weighted by molar-refractivity contribution is 0.102. The highest BCUT2D eigenvalue weighted by Crippen LogP contribution is 2.17. The lowest BCUT2D eigenvalue weighted by Crippen LogP contribution is -2.27. The first kappa shape index (κ1) is 23.5. The maximum atomic E-state index is 12.8. The van der Waals surface area contributed by atoms with Gasteiger partial charge in [-0.3, -0.25) is 10.2 Å². The molecule has 0 saturated carbocycles. The SMILES string of the molecule is C.N=C(c1ccc(CCc2ccccc2C(=O)Nc2ccc(Cl)cn2)cc1)N1CCCC1. The number of aromatic nitrogens is 1. The molecule has 0 unspecified atom stereocenters. The van der Waals surface area contributed by atoms with Crippen LogP contribution in [0.15, 0.2) is 66.9 Å². The number of likely N-dealkylation sites (tertiary alicyclic amines) is 1. The molecule has 1 fully saturated rings. The smallest absolute Gasteiger partial charge is 0.257 e. The third kappa shape index (κ3) is 5.74. The predicted octanol–water partition coefficient (Wildman–Crippen LogP) is 5.83. The van der Waals surface area contributed by atoms with Crippen LogP contribution in [0.5, 0.6) is 0 Å². The van der Waals surface area contributed by atoms with Crippen molar-refractivity contribution in [2.45, 2.75) is 33.1 Å². The fourth-order valence-electron chi connectivity index (χ4n) is 3.82. The van der Waals surface area contributed by atoms with Crippen LogP contribution in [0.4, 0.5) is 5.82 Å². The summed E-state index contributed by atoms with van der Waals surface area (Å²) in [6.07, 6.45) is 5.42. The van der Waals surface area contributed by atoms with Crippen LogP contribution in [0, 0.1) is 5.41 Å². The fraction of sp³-hybridized carbons (Fsp3) is 0.269. The van der Waals surface area contributed by atoms with E-state index in [-0.39, 0.29) is 13.3 Å². The number of amidine groups is 1. The molecule has 0 bridgehead atoms. The molecular formula is C26H29ClN4O. The highest BCUT2D eigenvalue weighted by Gasteiger charge is 2.16. The standard InChI is InChI=1S/C25H25ClN4O.CH4/c26-21-13-14-23(28-17-21)29-25(31)22-6-2-1-5-19(22)10-7-18-8-11-20(12-9-18)24(27)30-15-3-4-16-30;/h1-2,5-6,8-9,11-14,17,27H,3-4,7,10,15-16H2,(H,28,29,31);1H4. The van der Waals surface area contributed by atoms with E-state index in [1.165, 1.54) is 24.6 Å². The molecule has 1 aromatic heterocycles. The number of pyridine rings is 1. The Hall–Kier alpha value is -3.18. The Morgan fingerprint density at radius 3 is 2.41 bits per heavy atom. The van der Waals surface area contributed by atoms with E-state index in [1.54, 1.807) is 12.1 Å². The second-order valence-corrected chi connectivity index (χ2v) is 8.15. The number of hydrogen-bond donors (Lipinski definition) is 2. The number of carbonyl (C=O) groups excluding carboxylic acids is 1. The molecule has 5 nitrogen and oxygen atoms in total. The topological polar surface area (TPSA) is 69.1 Å². The first-order chi connectivity index (χ1) is 15.1. The zero-order valence-electron chi connectivity index (χ0n) is 17.3. The van der Waals surface area contributed by atoms with Crippen molar-refractivity contribution in [1.82, 2.24) is 9.88 Å². The molecule has 3 aromatic rings.